The van der Waals surface area contributed by atoms with Crippen LogP contribution >= 0.6 is 22.9 Å². The summed E-state index contributed by atoms with van der Waals surface area (Å²) in [4.78, 5) is 1.34. The van der Waals surface area contributed by atoms with Crippen molar-refractivity contribution in [1.29, 1.82) is 0 Å². The quantitative estimate of drug-likeness (QED) is 0.741. The summed E-state index contributed by atoms with van der Waals surface area (Å²) >= 11 is 7.31. The van der Waals surface area contributed by atoms with Crippen LogP contribution in [0.15, 0.2) is 46.7 Å². The molecule has 1 aromatic heterocycles. The molecule has 0 saturated heterocycles. The van der Waals surface area contributed by atoms with Crippen LogP contribution in [0.5, 0.6) is 0 Å². The number of sulfonamides is 1. The Hall–Kier alpha value is -0.880. The molecule has 0 aliphatic heterocycles. The molecule has 6 heteroatoms. The second kappa shape index (κ2) is 6.92. The summed E-state index contributed by atoms with van der Waals surface area (Å²) in [6.07, 6.45) is 0. The fourth-order valence-electron chi connectivity index (χ4n) is 1.99. The van der Waals surface area contributed by atoms with Crippen molar-refractivity contribution in [3.63, 3.8) is 0 Å². The summed E-state index contributed by atoms with van der Waals surface area (Å²) in [6.45, 7) is 4.17. The maximum absolute atomic E-state index is 12.8. The molecular weight excluding hydrogens is 326 g/mol. The topological polar surface area (TPSA) is 37.4 Å². The molecular formula is C15H18ClNO2S2. The molecule has 114 valence electrons. The van der Waals surface area contributed by atoms with Crippen LogP contribution in [0.4, 0.5) is 0 Å². The maximum atomic E-state index is 12.8. The lowest BCUT2D eigenvalue weighted by atomic mass is 10.2. The van der Waals surface area contributed by atoms with E-state index in [0.717, 1.165) is 10.4 Å². The fourth-order valence-corrected chi connectivity index (χ4v) is 4.56. The minimum atomic E-state index is -3.50. The highest BCUT2D eigenvalue weighted by atomic mass is 35.5. The fraction of sp³-hybridized carbons (Fsp3) is 0.333. The Kier molecular flexibility index (Phi) is 5.43. The smallest absolute Gasteiger partial charge is 0.207 e. The van der Waals surface area contributed by atoms with Gasteiger partial charge in [-0.25, -0.2) is 8.42 Å². The number of halogens is 1. The molecule has 0 N–H and O–H groups in total. The van der Waals surface area contributed by atoms with Crippen molar-refractivity contribution in [2.45, 2.75) is 37.2 Å². The van der Waals surface area contributed by atoms with E-state index in [0.29, 0.717) is 17.3 Å². The zero-order valence-corrected chi connectivity index (χ0v) is 14.4. The van der Waals surface area contributed by atoms with Crippen molar-refractivity contribution in [2.24, 2.45) is 0 Å². The van der Waals surface area contributed by atoms with E-state index in [2.05, 4.69) is 0 Å². The van der Waals surface area contributed by atoms with Crippen LogP contribution in [0.3, 0.4) is 0 Å². The average Bonchev–Trinajstić information content (AvgIpc) is 2.97. The Morgan fingerprint density at radius 3 is 2.33 bits per heavy atom. The van der Waals surface area contributed by atoms with Crippen molar-refractivity contribution in [3.8, 4) is 0 Å². The first-order valence-electron chi connectivity index (χ1n) is 6.64. The molecule has 0 unspecified atom stereocenters. The molecule has 2 aromatic rings. The minimum Gasteiger partial charge on any atom is -0.207 e. The lowest BCUT2D eigenvalue weighted by molar-refractivity contribution is 0.350. The Balaban J connectivity index is 2.32. The van der Waals surface area contributed by atoms with Gasteiger partial charge in [-0.3, -0.25) is 0 Å². The second-order valence-electron chi connectivity index (χ2n) is 5.00. The number of thiophene rings is 1. The van der Waals surface area contributed by atoms with E-state index in [9.17, 15) is 8.42 Å². The summed E-state index contributed by atoms with van der Waals surface area (Å²) in [7, 11) is -3.50. The van der Waals surface area contributed by atoms with E-state index in [1.807, 2.05) is 31.4 Å². The molecule has 1 heterocycles. The number of rotatable bonds is 6. The van der Waals surface area contributed by atoms with Crippen molar-refractivity contribution in [1.82, 2.24) is 4.31 Å². The van der Waals surface area contributed by atoms with Gasteiger partial charge in [0.1, 0.15) is 0 Å². The molecule has 21 heavy (non-hydrogen) atoms. The number of alkyl halides is 1. The van der Waals surface area contributed by atoms with Crippen LogP contribution in [-0.2, 0) is 22.4 Å². The molecule has 0 amide bonds. The molecule has 0 aliphatic carbocycles. The summed E-state index contributed by atoms with van der Waals surface area (Å²) in [6, 6.07) is 10.5. The predicted molar refractivity (Wildman–Crippen MR) is 88.2 cm³/mol. The van der Waals surface area contributed by atoms with E-state index in [1.165, 1.54) is 4.31 Å². The highest BCUT2D eigenvalue weighted by Crippen LogP contribution is 2.23. The van der Waals surface area contributed by atoms with Crippen LogP contribution in [-0.4, -0.2) is 18.8 Å². The highest BCUT2D eigenvalue weighted by molar-refractivity contribution is 7.89. The summed E-state index contributed by atoms with van der Waals surface area (Å²) in [5.74, 6) is 0.378. The Morgan fingerprint density at radius 2 is 1.86 bits per heavy atom. The van der Waals surface area contributed by atoms with Gasteiger partial charge < -0.3 is 0 Å². The molecule has 0 spiro atoms. The van der Waals surface area contributed by atoms with Gasteiger partial charge in [0.25, 0.3) is 0 Å². The molecule has 0 atom stereocenters. The van der Waals surface area contributed by atoms with Crippen molar-refractivity contribution in [3.05, 3.63) is 52.2 Å². The van der Waals surface area contributed by atoms with E-state index in [1.54, 1.807) is 35.6 Å². The van der Waals surface area contributed by atoms with Gasteiger partial charge in [-0.2, -0.15) is 4.31 Å². The second-order valence-corrected chi connectivity index (χ2v) is 8.19. The lowest BCUT2D eigenvalue weighted by Crippen LogP contribution is -2.36. The Bertz CT molecular complexity index is 664. The number of hydrogen-bond acceptors (Lipinski definition) is 3. The first kappa shape index (κ1) is 16.5. The number of nitrogens with zero attached hydrogens (tertiary/aromatic N) is 1. The lowest BCUT2D eigenvalue weighted by Gasteiger charge is -2.25. The van der Waals surface area contributed by atoms with Crippen LogP contribution in [0.25, 0.3) is 0 Å². The monoisotopic (exact) mass is 343 g/mol. The third-order valence-corrected chi connectivity index (χ3v) is 6.36. The highest BCUT2D eigenvalue weighted by Gasteiger charge is 2.27. The molecule has 0 saturated carbocycles. The Morgan fingerprint density at radius 1 is 1.19 bits per heavy atom. The minimum absolute atomic E-state index is 0.107. The summed E-state index contributed by atoms with van der Waals surface area (Å²) in [5.41, 5.74) is 0.907. The first-order valence-corrected chi connectivity index (χ1v) is 9.49. The zero-order chi connectivity index (χ0) is 15.5. The van der Waals surface area contributed by atoms with Gasteiger partial charge in [-0.15, -0.1) is 22.9 Å². The van der Waals surface area contributed by atoms with Crippen LogP contribution in [0, 0.1) is 0 Å². The molecule has 3 nitrogen and oxygen atoms in total. The SMILES string of the molecule is CC(C)N(Cc1cccs1)S(=O)(=O)c1ccc(CCl)cc1. The maximum Gasteiger partial charge on any atom is 0.243 e. The Labute approximate surface area is 135 Å². The van der Waals surface area contributed by atoms with Crippen molar-refractivity contribution in [2.75, 3.05) is 0 Å². The average molecular weight is 344 g/mol. The van der Waals surface area contributed by atoms with Gasteiger partial charge in [0.2, 0.25) is 10.0 Å². The van der Waals surface area contributed by atoms with Crippen molar-refractivity contribution >= 4 is 33.0 Å². The molecule has 2 rings (SSSR count). The van der Waals surface area contributed by atoms with Crippen LogP contribution in [0.1, 0.15) is 24.3 Å². The number of hydrogen-bond donors (Lipinski definition) is 0. The molecule has 0 aliphatic rings. The van der Waals surface area contributed by atoms with Gasteiger partial charge in [0.05, 0.1) is 4.90 Å². The molecule has 0 bridgehead atoms. The normalized spacial score (nSPS) is 12.2. The molecule has 0 radical (unpaired) electrons. The van der Waals surface area contributed by atoms with E-state index >= 15 is 0 Å². The van der Waals surface area contributed by atoms with Gasteiger partial charge >= 0.3 is 0 Å². The third kappa shape index (κ3) is 3.86. The zero-order valence-electron chi connectivity index (χ0n) is 12.0. The van der Waals surface area contributed by atoms with E-state index in [-0.39, 0.29) is 6.04 Å². The van der Waals surface area contributed by atoms with Gasteiger partial charge in [-0.05, 0) is 43.0 Å². The largest absolute Gasteiger partial charge is 0.243 e. The molecule has 0 fully saturated rings. The number of benzene rings is 1. The third-order valence-electron chi connectivity index (χ3n) is 3.15. The van der Waals surface area contributed by atoms with Crippen molar-refractivity contribution < 1.29 is 8.42 Å². The predicted octanol–water partition coefficient (Wildman–Crippen LogP) is 4.09. The van der Waals surface area contributed by atoms with Gasteiger partial charge in [0, 0.05) is 23.3 Å². The van der Waals surface area contributed by atoms with Gasteiger partial charge in [0.15, 0.2) is 0 Å². The summed E-state index contributed by atoms with van der Waals surface area (Å²) in [5, 5.41) is 1.95. The van der Waals surface area contributed by atoms with E-state index < -0.39 is 10.0 Å². The van der Waals surface area contributed by atoms with Crippen LogP contribution in [0.2, 0.25) is 0 Å². The van der Waals surface area contributed by atoms with Gasteiger partial charge in [-0.1, -0.05) is 18.2 Å². The first-order chi connectivity index (χ1) is 9.95. The van der Waals surface area contributed by atoms with E-state index in [4.69, 9.17) is 11.6 Å². The van der Waals surface area contributed by atoms with Crippen LogP contribution < -0.4 is 0 Å². The molecule has 1 aromatic carbocycles. The standard InChI is InChI=1S/C15H18ClNO2S2/c1-12(2)17(11-14-4-3-9-20-14)21(18,19)15-7-5-13(10-16)6-8-15/h3-9,12H,10-11H2,1-2H3. The summed E-state index contributed by atoms with van der Waals surface area (Å²) < 4.78 is 27.1.